The van der Waals surface area contributed by atoms with Gasteiger partial charge in [-0.05, 0) is 44.9 Å². The lowest BCUT2D eigenvalue weighted by Crippen LogP contribution is -2.04. The first-order chi connectivity index (χ1) is 9.99. The highest BCUT2D eigenvalue weighted by Gasteiger charge is 2.18. The van der Waals surface area contributed by atoms with Crippen molar-refractivity contribution >= 4 is 16.9 Å². The molecule has 0 atom stereocenters. The third-order valence-corrected chi connectivity index (χ3v) is 3.79. The van der Waals surface area contributed by atoms with Crippen molar-refractivity contribution in [2.75, 3.05) is 5.73 Å². The molecule has 0 aliphatic rings. The predicted molar refractivity (Wildman–Crippen MR) is 85.0 cm³/mol. The maximum Gasteiger partial charge on any atom is 0.164 e. The summed E-state index contributed by atoms with van der Waals surface area (Å²) in [5.74, 6) is 0.472. The number of aromatic nitrogens is 4. The van der Waals surface area contributed by atoms with E-state index in [0.29, 0.717) is 5.82 Å². The molecule has 5 heteroatoms. The van der Waals surface area contributed by atoms with Gasteiger partial charge >= 0.3 is 0 Å². The van der Waals surface area contributed by atoms with Crippen LogP contribution in [0.2, 0.25) is 0 Å². The minimum Gasteiger partial charge on any atom is -0.383 e. The van der Waals surface area contributed by atoms with E-state index in [4.69, 9.17) is 10.8 Å². The zero-order valence-electron chi connectivity index (χ0n) is 12.8. The van der Waals surface area contributed by atoms with Gasteiger partial charge in [-0.15, -0.1) is 0 Å². The molecule has 21 heavy (non-hydrogen) atoms. The maximum atomic E-state index is 6.07. The molecule has 108 valence electrons. The number of fused-ring (bicyclic) bond motifs is 1. The summed E-state index contributed by atoms with van der Waals surface area (Å²) in [4.78, 5) is 8.48. The summed E-state index contributed by atoms with van der Waals surface area (Å²) < 4.78 is 1.90. The minimum absolute atomic E-state index is 0.210. The topological polar surface area (TPSA) is 69.6 Å². The van der Waals surface area contributed by atoms with Gasteiger partial charge in [0, 0.05) is 11.6 Å². The molecule has 2 heterocycles. The fraction of sp³-hybridized carbons (Fsp3) is 0.312. The molecule has 0 saturated heterocycles. The average Bonchev–Trinajstić information content (AvgIpc) is 2.83. The lowest BCUT2D eigenvalue weighted by molar-refractivity contribution is 0.548. The molecule has 0 unspecified atom stereocenters. The highest BCUT2D eigenvalue weighted by Crippen LogP contribution is 2.32. The Morgan fingerprint density at radius 2 is 1.86 bits per heavy atom. The van der Waals surface area contributed by atoms with Crippen molar-refractivity contribution < 1.29 is 0 Å². The molecule has 0 saturated carbocycles. The second-order valence-corrected chi connectivity index (χ2v) is 5.64. The summed E-state index contributed by atoms with van der Waals surface area (Å²) in [6.45, 7) is 8.35. The van der Waals surface area contributed by atoms with Crippen LogP contribution in [0.1, 0.15) is 31.0 Å². The van der Waals surface area contributed by atoms with Gasteiger partial charge in [-0.2, -0.15) is 5.10 Å². The van der Waals surface area contributed by atoms with Gasteiger partial charge in [-0.25, -0.2) is 14.6 Å². The van der Waals surface area contributed by atoms with E-state index in [1.54, 1.807) is 0 Å². The Morgan fingerprint density at radius 3 is 2.52 bits per heavy atom. The van der Waals surface area contributed by atoms with Gasteiger partial charge in [-0.1, -0.05) is 12.1 Å². The molecule has 1 aromatic carbocycles. The number of benzene rings is 1. The van der Waals surface area contributed by atoms with Crippen molar-refractivity contribution in [2.24, 2.45) is 0 Å². The van der Waals surface area contributed by atoms with Crippen LogP contribution in [0.15, 0.2) is 24.5 Å². The van der Waals surface area contributed by atoms with E-state index >= 15 is 0 Å². The molecule has 0 spiro atoms. The summed E-state index contributed by atoms with van der Waals surface area (Å²) >= 11 is 0. The molecule has 0 aliphatic carbocycles. The second kappa shape index (κ2) is 4.84. The monoisotopic (exact) mass is 281 g/mol. The number of nitrogens with two attached hydrogens (primary N) is 1. The van der Waals surface area contributed by atoms with Gasteiger partial charge in [-0.3, -0.25) is 0 Å². The molecule has 2 aromatic heterocycles. The van der Waals surface area contributed by atoms with Gasteiger partial charge in [0.1, 0.15) is 17.8 Å². The molecule has 3 aromatic rings. The maximum absolute atomic E-state index is 6.07. The summed E-state index contributed by atoms with van der Waals surface area (Å²) in [6.07, 6.45) is 1.49. The highest BCUT2D eigenvalue weighted by molar-refractivity contribution is 5.98. The van der Waals surface area contributed by atoms with Crippen LogP contribution >= 0.6 is 0 Å². The van der Waals surface area contributed by atoms with E-state index in [1.165, 1.54) is 17.5 Å². The van der Waals surface area contributed by atoms with E-state index in [2.05, 4.69) is 55.9 Å². The zero-order valence-corrected chi connectivity index (χ0v) is 12.8. The fourth-order valence-corrected chi connectivity index (χ4v) is 2.45. The number of rotatable bonds is 2. The molecule has 5 nitrogen and oxygen atoms in total. The predicted octanol–water partition coefficient (Wildman–Crippen LogP) is 3.27. The first-order valence-corrected chi connectivity index (χ1v) is 7.05. The van der Waals surface area contributed by atoms with E-state index in [1.807, 2.05) is 4.68 Å². The third-order valence-electron chi connectivity index (χ3n) is 3.79. The van der Waals surface area contributed by atoms with Crippen molar-refractivity contribution in [1.82, 2.24) is 19.7 Å². The van der Waals surface area contributed by atoms with Crippen molar-refractivity contribution in [2.45, 2.75) is 33.7 Å². The molecular weight excluding hydrogens is 262 g/mol. The number of nitrogens with zero attached hydrogens (tertiary/aromatic N) is 4. The van der Waals surface area contributed by atoms with Crippen LogP contribution < -0.4 is 5.73 Å². The molecule has 0 bridgehead atoms. The Morgan fingerprint density at radius 1 is 1.10 bits per heavy atom. The summed E-state index contributed by atoms with van der Waals surface area (Å²) in [7, 11) is 0. The van der Waals surface area contributed by atoms with E-state index < -0.39 is 0 Å². The Balaban J connectivity index is 2.34. The quantitative estimate of drug-likeness (QED) is 0.782. The first kappa shape index (κ1) is 13.5. The number of hydrogen-bond donors (Lipinski definition) is 1. The molecule has 3 rings (SSSR count). The van der Waals surface area contributed by atoms with Gasteiger partial charge in [0.25, 0.3) is 0 Å². The molecule has 0 fully saturated rings. The average molecular weight is 281 g/mol. The molecule has 0 amide bonds. The molecule has 0 radical (unpaired) electrons. The van der Waals surface area contributed by atoms with Crippen LogP contribution in [0.4, 0.5) is 5.82 Å². The van der Waals surface area contributed by atoms with Crippen molar-refractivity contribution in [3.63, 3.8) is 0 Å². The lowest BCUT2D eigenvalue weighted by atomic mass is 10.0. The lowest BCUT2D eigenvalue weighted by Gasteiger charge is -2.05. The Kier molecular flexibility index (Phi) is 3.12. The second-order valence-electron chi connectivity index (χ2n) is 5.64. The van der Waals surface area contributed by atoms with Crippen LogP contribution in [0.3, 0.4) is 0 Å². The number of nitrogen functional groups attached to an aromatic ring is 1. The van der Waals surface area contributed by atoms with Crippen molar-refractivity contribution in [1.29, 1.82) is 0 Å². The van der Waals surface area contributed by atoms with Gasteiger partial charge in [0.15, 0.2) is 5.65 Å². The Bertz CT molecular complexity index is 817. The van der Waals surface area contributed by atoms with Gasteiger partial charge in [0.05, 0.1) is 5.39 Å². The molecule has 2 N–H and O–H groups in total. The highest BCUT2D eigenvalue weighted by atomic mass is 15.3. The normalized spacial score (nSPS) is 11.5. The minimum atomic E-state index is 0.210. The molecular formula is C16H19N5. The van der Waals surface area contributed by atoms with Crippen LogP contribution in [-0.2, 0) is 0 Å². The number of aryl methyl sites for hydroxylation is 2. The van der Waals surface area contributed by atoms with E-state index in [0.717, 1.165) is 22.3 Å². The van der Waals surface area contributed by atoms with Crippen LogP contribution in [0.25, 0.3) is 22.3 Å². The fourth-order valence-electron chi connectivity index (χ4n) is 2.45. The Labute approximate surface area is 123 Å². The number of anilines is 1. The van der Waals surface area contributed by atoms with Crippen LogP contribution in [-0.4, -0.2) is 19.7 Å². The van der Waals surface area contributed by atoms with E-state index in [9.17, 15) is 0 Å². The smallest absolute Gasteiger partial charge is 0.164 e. The number of hydrogen-bond acceptors (Lipinski definition) is 4. The molecule has 0 aliphatic heterocycles. The standard InChI is InChI=1S/C16H19N5/c1-9(2)21-16-13(15(17)18-8-19-16)14(20-21)12-6-5-10(3)11(4)7-12/h5-9H,1-4H3,(H2,17,18,19). The first-order valence-electron chi connectivity index (χ1n) is 7.05. The van der Waals surface area contributed by atoms with Crippen molar-refractivity contribution in [3.05, 3.63) is 35.7 Å². The van der Waals surface area contributed by atoms with Gasteiger partial charge < -0.3 is 5.73 Å². The zero-order chi connectivity index (χ0) is 15.1. The van der Waals surface area contributed by atoms with Crippen molar-refractivity contribution in [3.8, 4) is 11.3 Å². The summed E-state index contributed by atoms with van der Waals surface area (Å²) in [5.41, 5.74) is 11.2. The van der Waals surface area contributed by atoms with E-state index in [-0.39, 0.29) is 6.04 Å². The largest absolute Gasteiger partial charge is 0.383 e. The van der Waals surface area contributed by atoms with Crippen LogP contribution in [0.5, 0.6) is 0 Å². The van der Waals surface area contributed by atoms with Gasteiger partial charge in [0.2, 0.25) is 0 Å². The summed E-state index contributed by atoms with van der Waals surface area (Å²) in [6, 6.07) is 6.52. The third kappa shape index (κ3) is 2.14. The SMILES string of the molecule is Cc1ccc(-c2nn(C(C)C)c3ncnc(N)c23)cc1C. The summed E-state index contributed by atoms with van der Waals surface area (Å²) in [5, 5.41) is 5.55. The van der Waals surface area contributed by atoms with Crippen LogP contribution in [0, 0.1) is 13.8 Å². The Hall–Kier alpha value is -2.43.